The molecule has 0 aliphatic rings. The zero-order valence-corrected chi connectivity index (χ0v) is 11.6. The first-order chi connectivity index (χ1) is 8.75. The van der Waals surface area contributed by atoms with E-state index < -0.39 is 0 Å². The zero-order chi connectivity index (χ0) is 12.5. The van der Waals surface area contributed by atoms with Crippen LogP contribution in [0.15, 0.2) is 53.0 Å². The minimum Gasteiger partial charge on any atom is -0.148 e. The van der Waals surface area contributed by atoms with E-state index in [0.717, 1.165) is 26.5 Å². The highest BCUT2D eigenvalue weighted by Crippen LogP contribution is 2.29. The highest BCUT2D eigenvalue weighted by atomic mass is 79.9. The van der Waals surface area contributed by atoms with Gasteiger partial charge in [0, 0.05) is 20.8 Å². The van der Waals surface area contributed by atoms with E-state index in [0.29, 0.717) is 5.15 Å². The Hall–Kier alpha value is -1.45. The van der Waals surface area contributed by atoms with Crippen LogP contribution in [-0.4, -0.2) is 10.2 Å². The van der Waals surface area contributed by atoms with Gasteiger partial charge < -0.3 is 0 Å². The van der Waals surface area contributed by atoms with Gasteiger partial charge in [0.05, 0.1) is 0 Å². The number of aromatic nitrogens is 2. The summed E-state index contributed by atoms with van der Waals surface area (Å²) in [5.41, 5.74) is 1.88. The second kappa shape index (κ2) is 4.67. The molecule has 0 saturated heterocycles. The third-order valence-electron chi connectivity index (χ3n) is 2.76. The molecule has 0 N–H and O–H groups in total. The van der Waals surface area contributed by atoms with Crippen LogP contribution in [-0.2, 0) is 0 Å². The van der Waals surface area contributed by atoms with Crippen molar-refractivity contribution in [2.24, 2.45) is 0 Å². The average molecular weight is 320 g/mol. The van der Waals surface area contributed by atoms with Crippen molar-refractivity contribution in [1.29, 1.82) is 0 Å². The molecule has 3 rings (SSSR count). The molecule has 3 aromatic rings. The predicted molar refractivity (Wildman–Crippen MR) is 77.7 cm³/mol. The van der Waals surface area contributed by atoms with Crippen molar-refractivity contribution >= 4 is 38.3 Å². The van der Waals surface area contributed by atoms with Gasteiger partial charge in [-0.05, 0) is 12.1 Å². The van der Waals surface area contributed by atoms with Gasteiger partial charge in [-0.3, -0.25) is 0 Å². The van der Waals surface area contributed by atoms with Gasteiger partial charge in [-0.25, -0.2) is 0 Å². The molecule has 0 atom stereocenters. The van der Waals surface area contributed by atoms with Crippen molar-refractivity contribution in [3.8, 4) is 11.3 Å². The molecule has 0 unspecified atom stereocenters. The molecular weight excluding hydrogens is 312 g/mol. The van der Waals surface area contributed by atoms with Gasteiger partial charge in [0.2, 0.25) is 0 Å². The summed E-state index contributed by atoms with van der Waals surface area (Å²) in [5.74, 6) is 0. The summed E-state index contributed by atoms with van der Waals surface area (Å²) in [7, 11) is 0. The molecule has 2 nitrogen and oxygen atoms in total. The van der Waals surface area contributed by atoms with Crippen LogP contribution in [0.1, 0.15) is 0 Å². The Labute approximate surface area is 118 Å². The Balaban J connectivity index is 2.30. The van der Waals surface area contributed by atoms with Crippen molar-refractivity contribution < 1.29 is 0 Å². The van der Waals surface area contributed by atoms with E-state index in [-0.39, 0.29) is 0 Å². The van der Waals surface area contributed by atoms with E-state index in [2.05, 4.69) is 26.1 Å². The Morgan fingerprint density at radius 3 is 2.22 bits per heavy atom. The van der Waals surface area contributed by atoms with Crippen molar-refractivity contribution in [1.82, 2.24) is 10.2 Å². The molecular formula is C14H8BrClN2. The first-order valence-corrected chi connectivity index (χ1v) is 6.59. The summed E-state index contributed by atoms with van der Waals surface area (Å²) in [6, 6.07) is 15.9. The monoisotopic (exact) mass is 318 g/mol. The second-order valence-electron chi connectivity index (χ2n) is 3.89. The maximum Gasteiger partial charge on any atom is 0.159 e. The van der Waals surface area contributed by atoms with E-state index in [1.165, 1.54) is 0 Å². The van der Waals surface area contributed by atoms with Crippen LogP contribution in [0.3, 0.4) is 0 Å². The molecule has 2 aromatic carbocycles. The molecule has 0 fully saturated rings. The highest BCUT2D eigenvalue weighted by Gasteiger charge is 2.08. The third-order valence-corrected chi connectivity index (χ3v) is 3.57. The largest absolute Gasteiger partial charge is 0.159 e. The number of rotatable bonds is 1. The predicted octanol–water partition coefficient (Wildman–Crippen LogP) is 4.71. The fourth-order valence-corrected chi connectivity index (χ4v) is 2.36. The normalized spacial score (nSPS) is 10.8. The Kier molecular flexibility index (Phi) is 3.02. The van der Waals surface area contributed by atoms with E-state index >= 15 is 0 Å². The summed E-state index contributed by atoms with van der Waals surface area (Å²) in [6.07, 6.45) is 0. The third kappa shape index (κ3) is 2.00. The van der Waals surface area contributed by atoms with Crippen molar-refractivity contribution in [3.63, 3.8) is 0 Å². The molecule has 0 radical (unpaired) electrons. The Morgan fingerprint density at radius 1 is 0.833 bits per heavy atom. The number of hydrogen-bond acceptors (Lipinski definition) is 2. The Bertz CT molecular complexity index is 711. The summed E-state index contributed by atoms with van der Waals surface area (Å²) >= 11 is 9.48. The van der Waals surface area contributed by atoms with Gasteiger partial charge in [0.15, 0.2) is 5.15 Å². The van der Waals surface area contributed by atoms with Gasteiger partial charge in [0.1, 0.15) is 5.69 Å². The van der Waals surface area contributed by atoms with Crippen LogP contribution in [0.25, 0.3) is 22.0 Å². The lowest BCUT2D eigenvalue weighted by Gasteiger charge is -2.06. The molecule has 0 aliphatic carbocycles. The van der Waals surface area contributed by atoms with Crippen molar-refractivity contribution in [3.05, 3.63) is 58.2 Å². The maximum absolute atomic E-state index is 6.06. The molecule has 4 heteroatoms. The minimum absolute atomic E-state index is 0.437. The average Bonchev–Trinajstić information content (AvgIpc) is 2.41. The number of hydrogen-bond donors (Lipinski definition) is 0. The molecule has 0 spiro atoms. The summed E-state index contributed by atoms with van der Waals surface area (Å²) in [5, 5.41) is 10.6. The Morgan fingerprint density at radius 2 is 1.50 bits per heavy atom. The number of fused-ring (bicyclic) bond motifs is 1. The van der Waals surface area contributed by atoms with E-state index in [9.17, 15) is 0 Å². The fraction of sp³-hybridized carbons (Fsp3) is 0. The highest BCUT2D eigenvalue weighted by molar-refractivity contribution is 9.10. The van der Waals surface area contributed by atoms with Crippen molar-refractivity contribution in [2.45, 2.75) is 0 Å². The van der Waals surface area contributed by atoms with Crippen LogP contribution in [0.2, 0.25) is 5.15 Å². The van der Waals surface area contributed by atoms with Crippen molar-refractivity contribution in [2.75, 3.05) is 0 Å². The summed E-state index contributed by atoms with van der Waals surface area (Å²) in [6.45, 7) is 0. The van der Waals surface area contributed by atoms with E-state index in [1.54, 1.807) is 0 Å². The minimum atomic E-state index is 0.437. The molecule has 0 amide bonds. The van der Waals surface area contributed by atoms with Gasteiger partial charge in [-0.2, -0.15) is 0 Å². The topological polar surface area (TPSA) is 25.8 Å². The summed E-state index contributed by atoms with van der Waals surface area (Å²) < 4.78 is 1.04. The van der Waals surface area contributed by atoms with Gasteiger partial charge in [-0.1, -0.05) is 63.9 Å². The molecule has 18 heavy (non-hydrogen) atoms. The first kappa shape index (κ1) is 11.6. The fourth-order valence-electron chi connectivity index (χ4n) is 1.89. The number of nitrogens with zero attached hydrogens (tertiary/aromatic N) is 2. The summed E-state index contributed by atoms with van der Waals surface area (Å²) in [4.78, 5) is 0. The van der Waals surface area contributed by atoms with Gasteiger partial charge in [0.25, 0.3) is 0 Å². The molecule has 0 saturated carbocycles. The SMILES string of the molecule is Clc1nnc(-c2ccc(Br)cc2)c2ccccc12. The quantitative estimate of drug-likeness (QED) is 0.649. The van der Waals surface area contributed by atoms with Crippen LogP contribution in [0.5, 0.6) is 0 Å². The van der Waals surface area contributed by atoms with Crippen LogP contribution < -0.4 is 0 Å². The van der Waals surface area contributed by atoms with Crippen LogP contribution in [0.4, 0.5) is 0 Å². The van der Waals surface area contributed by atoms with Gasteiger partial charge >= 0.3 is 0 Å². The standard InChI is InChI=1S/C14H8BrClN2/c15-10-7-5-9(6-8-10)13-11-3-1-2-4-12(11)14(16)18-17-13/h1-8H. The number of benzene rings is 2. The second-order valence-corrected chi connectivity index (χ2v) is 5.17. The van der Waals surface area contributed by atoms with Crippen LogP contribution in [0, 0.1) is 0 Å². The van der Waals surface area contributed by atoms with E-state index in [1.807, 2.05) is 48.5 Å². The molecule has 0 aliphatic heterocycles. The lowest BCUT2D eigenvalue weighted by atomic mass is 10.1. The van der Waals surface area contributed by atoms with E-state index in [4.69, 9.17) is 11.6 Å². The lowest BCUT2D eigenvalue weighted by molar-refractivity contribution is 1.06. The van der Waals surface area contributed by atoms with Gasteiger partial charge in [-0.15, -0.1) is 10.2 Å². The molecule has 88 valence electrons. The lowest BCUT2D eigenvalue weighted by Crippen LogP contribution is -1.91. The molecule has 1 aromatic heterocycles. The maximum atomic E-state index is 6.06. The molecule has 1 heterocycles. The first-order valence-electron chi connectivity index (χ1n) is 5.42. The smallest absolute Gasteiger partial charge is 0.148 e. The van der Waals surface area contributed by atoms with Crippen LogP contribution >= 0.6 is 27.5 Å². The zero-order valence-electron chi connectivity index (χ0n) is 9.27. The molecule has 0 bridgehead atoms. The number of halogens is 2.